The van der Waals surface area contributed by atoms with Gasteiger partial charge in [0, 0.05) is 13.1 Å². The van der Waals surface area contributed by atoms with E-state index in [9.17, 15) is 4.79 Å². The van der Waals surface area contributed by atoms with Crippen molar-refractivity contribution in [3.8, 4) is 0 Å². The Hall–Kier alpha value is -0.396. The highest BCUT2D eigenvalue weighted by atomic mass is 28.4. The Morgan fingerprint density at radius 3 is 2.40 bits per heavy atom. The summed E-state index contributed by atoms with van der Waals surface area (Å²) in [4.78, 5) is 13.7. The molecule has 0 heterocycles. The Balaban J connectivity index is 3.87. The molecule has 0 saturated heterocycles. The molecule has 1 amide bonds. The molecule has 0 radical (unpaired) electrons. The molecule has 0 aromatic carbocycles. The van der Waals surface area contributed by atoms with Crippen LogP contribution in [0.25, 0.3) is 0 Å². The topological polar surface area (TPSA) is 29.5 Å². The Morgan fingerprint density at radius 2 is 1.85 bits per heavy atom. The number of carbonyl (C=O) groups is 1. The molecule has 0 aliphatic rings. The van der Waals surface area contributed by atoms with Crippen molar-refractivity contribution in [3.05, 3.63) is 12.7 Å². The molecule has 0 unspecified atom stereocenters. The molecule has 0 spiro atoms. The van der Waals surface area contributed by atoms with E-state index in [1.165, 1.54) is 31.4 Å². The number of hydrogen-bond acceptors (Lipinski definition) is 2. The summed E-state index contributed by atoms with van der Waals surface area (Å²) in [5.41, 5.74) is 0. The van der Waals surface area contributed by atoms with E-state index in [-0.39, 0.29) is 5.91 Å². The zero-order chi connectivity index (χ0) is 15.4. The highest BCUT2D eigenvalue weighted by Gasteiger charge is 2.13. The van der Waals surface area contributed by atoms with Gasteiger partial charge in [-0.05, 0) is 44.6 Å². The maximum absolute atomic E-state index is 11.8. The van der Waals surface area contributed by atoms with Crippen molar-refractivity contribution >= 4 is 24.0 Å². The number of amides is 1. The lowest BCUT2D eigenvalue weighted by molar-refractivity contribution is -0.126. The van der Waals surface area contributed by atoms with Gasteiger partial charge in [0.25, 0.3) is 0 Å². The van der Waals surface area contributed by atoms with Crippen molar-refractivity contribution in [2.24, 2.45) is 0 Å². The predicted molar refractivity (Wildman–Crippen MR) is 93.3 cm³/mol. The Bertz CT molecular complexity index is 278. The fourth-order valence-electron chi connectivity index (χ4n) is 1.97. The molecule has 20 heavy (non-hydrogen) atoms. The first-order valence-corrected chi connectivity index (χ1v) is 12.9. The molecule has 0 atom stereocenters. The summed E-state index contributed by atoms with van der Waals surface area (Å²) in [5.74, 6) is 0.0780. The average Bonchev–Trinajstić information content (AvgIpc) is 2.38. The molecule has 0 aromatic rings. The second kappa shape index (κ2) is 11.3. The monoisotopic (exact) mass is 315 g/mol. The van der Waals surface area contributed by atoms with Gasteiger partial charge >= 0.3 is 0 Å². The van der Waals surface area contributed by atoms with Crippen LogP contribution in [-0.4, -0.2) is 42.0 Å². The van der Waals surface area contributed by atoms with Crippen LogP contribution in [0, 0.1) is 0 Å². The summed E-state index contributed by atoms with van der Waals surface area (Å²) in [5, 5.41) is 0. The van der Waals surface area contributed by atoms with Gasteiger partial charge in [-0.15, -0.1) is 0 Å². The third kappa shape index (κ3) is 11.4. The van der Waals surface area contributed by atoms with Crippen LogP contribution in [0.5, 0.6) is 0 Å². The third-order valence-electron chi connectivity index (χ3n) is 3.13. The van der Waals surface area contributed by atoms with Crippen LogP contribution in [0.1, 0.15) is 39.0 Å². The first-order valence-electron chi connectivity index (χ1n) is 7.96. The lowest BCUT2D eigenvalue weighted by Gasteiger charge is -2.22. The van der Waals surface area contributed by atoms with Crippen molar-refractivity contribution in [2.45, 2.75) is 64.7 Å². The Morgan fingerprint density at radius 1 is 1.20 bits per heavy atom. The fraction of sp³-hybridized carbons (Fsp3) is 0.800. The minimum Gasteiger partial charge on any atom is -0.461 e. The highest BCUT2D eigenvalue weighted by molar-refractivity contribution is 6.73. The van der Waals surface area contributed by atoms with E-state index in [1.54, 1.807) is 0 Å². The first kappa shape index (κ1) is 19.6. The number of carbonyl (C=O) groups excluding carboxylic acids is 1. The molecule has 0 aliphatic carbocycles. The summed E-state index contributed by atoms with van der Waals surface area (Å²) in [6.07, 6.45) is 7.32. The first-order chi connectivity index (χ1) is 9.40. The molecule has 0 rings (SSSR count). The van der Waals surface area contributed by atoms with Crippen molar-refractivity contribution < 1.29 is 8.91 Å². The Labute approximate surface area is 128 Å². The maximum atomic E-state index is 11.8. The van der Waals surface area contributed by atoms with E-state index in [2.05, 4.69) is 33.1 Å². The summed E-state index contributed by atoms with van der Waals surface area (Å²) in [6.45, 7) is 14.3. The molecule has 118 valence electrons. The minimum absolute atomic E-state index is 0.0780. The molecule has 0 aliphatic heterocycles. The largest absolute Gasteiger partial charge is 0.461 e. The molecule has 5 heteroatoms. The van der Waals surface area contributed by atoms with Gasteiger partial charge in [0.15, 0.2) is 8.32 Å². The van der Waals surface area contributed by atoms with Crippen molar-refractivity contribution in [3.63, 3.8) is 0 Å². The van der Waals surface area contributed by atoms with Gasteiger partial charge in [0.05, 0.1) is 0 Å². The second-order valence-electron chi connectivity index (χ2n) is 6.26. The number of rotatable bonds is 12. The van der Waals surface area contributed by atoms with E-state index in [0.717, 1.165) is 25.9 Å². The van der Waals surface area contributed by atoms with Crippen LogP contribution >= 0.6 is 0 Å². The maximum Gasteiger partial charge on any atom is 0.245 e. The van der Waals surface area contributed by atoms with E-state index < -0.39 is 18.1 Å². The van der Waals surface area contributed by atoms with Crippen LogP contribution < -0.4 is 0 Å². The number of nitrogens with zero attached hydrogens (tertiary/aromatic N) is 1. The van der Waals surface area contributed by atoms with Gasteiger partial charge in [-0.1, -0.05) is 32.8 Å². The van der Waals surface area contributed by atoms with Crippen LogP contribution in [-0.2, 0) is 8.91 Å². The Kier molecular flexibility index (Phi) is 11.1. The molecule has 0 N–H and O–H groups in total. The standard InChI is InChI=1S/C15H33NO2Si2/c1-6-8-9-10-12-16(15(17)7-2)13-11-14-19-18-20(3,4)5/h7H,2,6,8-14,19H2,1,3-5H3. The van der Waals surface area contributed by atoms with Gasteiger partial charge in [-0.3, -0.25) is 4.79 Å². The van der Waals surface area contributed by atoms with Crippen LogP contribution in [0.2, 0.25) is 25.7 Å². The molecular weight excluding hydrogens is 282 g/mol. The van der Waals surface area contributed by atoms with Crippen LogP contribution in [0.3, 0.4) is 0 Å². The normalized spacial score (nSPS) is 12.0. The zero-order valence-corrected chi connectivity index (χ0v) is 16.3. The van der Waals surface area contributed by atoms with Crippen molar-refractivity contribution in [2.75, 3.05) is 13.1 Å². The van der Waals surface area contributed by atoms with Gasteiger partial charge in [0.1, 0.15) is 9.76 Å². The summed E-state index contributed by atoms with van der Waals surface area (Å²) >= 11 is 0. The molecule has 3 nitrogen and oxygen atoms in total. The predicted octanol–water partition coefficient (Wildman–Crippen LogP) is 3.33. The minimum atomic E-state index is -1.33. The molecular formula is C15H33NO2Si2. The smallest absolute Gasteiger partial charge is 0.245 e. The van der Waals surface area contributed by atoms with Gasteiger partial charge < -0.3 is 9.02 Å². The lowest BCUT2D eigenvalue weighted by Crippen LogP contribution is -2.32. The van der Waals surface area contributed by atoms with Crippen LogP contribution in [0.15, 0.2) is 12.7 Å². The van der Waals surface area contributed by atoms with E-state index in [0.29, 0.717) is 0 Å². The molecule has 0 aromatic heterocycles. The quantitative estimate of drug-likeness (QED) is 0.314. The molecule has 0 fully saturated rings. The summed E-state index contributed by atoms with van der Waals surface area (Å²) in [7, 11) is -1.72. The average molecular weight is 316 g/mol. The van der Waals surface area contributed by atoms with Gasteiger partial charge in [-0.2, -0.15) is 0 Å². The van der Waals surface area contributed by atoms with E-state index in [4.69, 9.17) is 4.12 Å². The van der Waals surface area contributed by atoms with E-state index >= 15 is 0 Å². The summed E-state index contributed by atoms with van der Waals surface area (Å²) < 4.78 is 5.97. The van der Waals surface area contributed by atoms with Gasteiger partial charge in [0.2, 0.25) is 5.91 Å². The van der Waals surface area contributed by atoms with Gasteiger partial charge in [-0.25, -0.2) is 0 Å². The zero-order valence-electron chi connectivity index (χ0n) is 13.9. The van der Waals surface area contributed by atoms with Crippen molar-refractivity contribution in [1.29, 1.82) is 0 Å². The highest BCUT2D eigenvalue weighted by Crippen LogP contribution is 2.06. The fourth-order valence-corrected chi connectivity index (χ4v) is 5.43. The number of unbranched alkanes of at least 4 members (excludes halogenated alkanes) is 3. The molecule has 0 saturated carbocycles. The third-order valence-corrected chi connectivity index (χ3v) is 8.19. The van der Waals surface area contributed by atoms with Crippen LogP contribution in [0.4, 0.5) is 0 Å². The summed E-state index contributed by atoms with van der Waals surface area (Å²) in [6, 6.07) is 1.17. The SMILES string of the molecule is C=CC(=O)N(CCCCCC)CCC[SiH2]O[Si](C)(C)C. The molecule has 0 bridgehead atoms. The lowest BCUT2D eigenvalue weighted by atomic mass is 10.2. The van der Waals surface area contributed by atoms with Crippen molar-refractivity contribution in [1.82, 2.24) is 4.90 Å². The second-order valence-corrected chi connectivity index (χ2v) is 12.8. The van der Waals surface area contributed by atoms with E-state index in [1.807, 2.05) is 4.90 Å². The number of hydrogen-bond donors (Lipinski definition) is 0.